The molecule has 0 aliphatic heterocycles. The smallest absolute Gasteiger partial charge is 0.222 e. The Bertz CT molecular complexity index is 478. The molecule has 0 fully saturated rings. The van der Waals surface area contributed by atoms with Crippen molar-refractivity contribution in [1.82, 2.24) is 4.90 Å². The summed E-state index contributed by atoms with van der Waals surface area (Å²) in [6, 6.07) is 5.25. The Morgan fingerprint density at radius 3 is 2.53 bits per heavy atom. The van der Waals surface area contributed by atoms with Gasteiger partial charge in [-0.2, -0.15) is 0 Å². The van der Waals surface area contributed by atoms with Crippen molar-refractivity contribution in [3.63, 3.8) is 0 Å². The number of hydrogen-bond donors (Lipinski definition) is 0. The van der Waals surface area contributed by atoms with Crippen LogP contribution < -0.4 is 0 Å². The van der Waals surface area contributed by atoms with Crippen LogP contribution in [0.15, 0.2) is 18.2 Å². The van der Waals surface area contributed by atoms with Crippen LogP contribution in [0.1, 0.15) is 18.4 Å². The number of amides is 1. The van der Waals surface area contributed by atoms with Gasteiger partial charge < -0.3 is 4.90 Å². The second-order valence-corrected chi connectivity index (χ2v) is 6.82. The van der Waals surface area contributed by atoms with Gasteiger partial charge in [0.15, 0.2) is 0 Å². The second kappa shape index (κ2) is 7.88. The number of rotatable bonds is 6. The van der Waals surface area contributed by atoms with E-state index in [0.717, 1.165) is 5.56 Å². The van der Waals surface area contributed by atoms with Crippen LogP contribution in [0, 0.1) is 0 Å². The molecule has 0 aliphatic carbocycles. The van der Waals surface area contributed by atoms with E-state index in [4.69, 9.17) is 23.2 Å². The summed E-state index contributed by atoms with van der Waals surface area (Å²) in [5, 5.41) is 0.965. The van der Waals surface area contributed by atoms with Crippen LogP contribution in [0.3, 0.4) is 0 Å². The molecule has 19 heavy (non-hydrogen) atoms. The number of carbonyl (C=O) groups excluding carboxylic acids is 1. The van der Waals surface area contributed by atoms with E-state index < -0.39 is 10.8 Å². The summed E-state index contributed by atoms with van der Waals surface area (Å²) in [5.41, 5.74) is 0.895. The van der Waals surface area contributed by atoms with Crippen LogP contribution in [0.4, 0.5) is 0 Å². The lowest BCUT2D eigenvalue weighted by Gasteiger charge is -2.09. The molecule has 0 aromatic heterocycles. The summed E-state index contributed by atoms with van der Waals surface area (Å²) in [7, 11) is 2.45. The SMILES string of the molecule is CN(C)C(=O)CCC[S@](=O)Cc1ccc(Cl)c(Cl)c1. The number of nitrogens with zero attached hydrogens (tertiary/aromatic N) is 1. The maximum Gasteiger partial charge on any atom is 0.222 e. The minimum absolute atomic E-state index is 0.0616. The predicted octanol–water partition coefficient (Wildman–Crippen LogP) is 3.11. The molecular formula is C13H17Cl2NO2S. The first kappa shape index (κ1) is 16.5. The largest absolute Gasteiger partial charge is 0.349 e. The van der Waals surface area contributed by atoms with Crippen molar-refractivity contribution in [1.29, 1.82) is 0 Å². The van der Waals surface area contributed by atoms with E-state index in [-0.39, 0.29) is 5.91 Å². The average molecular weight is 322 g/mol. The first-order chi connectivity index (χ1) is 8.90. The zero-order valence-corrected chi connectivity index (χ0v) is 13.3. The molecule has 0 radical (unpaired) electrons. The molecule has 6 heteroatoms. The molecule has 1 aromatic rings. The van der Waals surface area contributed by atoms with Gasteiger partial charge in [0, 0.05) is 42.8 Å². The quantitative estimate of drug-likeness (QED) is 0.807. The van der Waals surface area contributed by atoms with Gasteiger partial charge in [0.2, 0.25) is 5.91 Å². The summed E-state index contributed by atoms with van der Waals surface area (Å²) in [5.74, 6) is 1.01. The third-order valence-electron chi connectivity index (χ3n) is 2.57. The lowest BCUT2D eigenvalue weighted by atomic mass is 10.2. The van der Waals surface area contributed by atoms with E-state index >= 15 is 0 Å². The molecule has 1 amide bonds. The van der Waals surface area contributed by atoms with E-state index in [1.807, 2.05) is 6.07 Å². The average Bonchev–Trinajstić information content (AvgIpc) is 2.33. The minimum Gasteiger partial charge on any atom is -0.349 e. The highest BCUT2D eigenvalue weighted by Gasteiger charge is 2.07. The van der Waals surface area contributed by atoms with Crippen LogP contribution in [0.25, 0.3) is 0 Å². The van der Waals surface area contributed by atoms with Crippen molar-refractivity contribution in [2.75, 3.05) is 19.8 Å². The van der Waals surface area contributed by atoms with Gasteiger partial charge in [0.25, 0.3) is 0 Å². The fraction of sp³-hybridized carbons (Fsp3) is 0.462. The molecule has 1 rings (SSSR count). The van der Waals surface area contributed by atoms with E-state index in [0.29, 0.717) is 34.4 Å². The predicted molar refractivity (Wildman–Crippen MR) is 81.1 cm³/mol. The Morgan fingerprint density at radius 1 is 1.26 bits per heavy atom. The topological polar surface area (TPSA) is 37.4 Å². The van der Waals surface area contributed by atoms with Crippen LogP contribution in [-0.4, -0.2) is 34.9 Å². The fourth-order valence-corrected chi connectivity index (χ4v) is 2.98. The molecule has 0 spiro atoms. The first-order valence-electron chi connectivity index (χ1n) is 5.89. The second-order valence-electron chi connectivity index (χ2n) is 4.43. The molecule has 0 saturated carbocycles. The Kier molecular flexibility index (Phi) is 6.83. The lowest BCUT2D eigenvalue weighted by Crippen LogP contribution is -2.21. The van der Waals surface area contributed by atoms with Crippen molar-refractivity contribution in [2.24, 2.45) is 0 Å². The standard InChI is InChI=1S/C13H17Cl2NO2S/c1-16(2)13(17)4-3-7-19(18)9-10-5-6-11(14)12(15)8-10/h5-6,8H,3-4,7,9H2,1-2H3/t19-/m0/s1. The molecule has 1 atom stereocenters. The van der Waals surface area contributed by atoms with Crippen LogP contribution in [0.5, 0.6) is 0 Å². The molecule has 0 aliphatic rings. The Labute approximate surface area is 126 Å². The first-order valence-corrected chi connectivity index (χ1v) is 8.13. The van der Waals surface area contributed by atoms with Crippen molar-refractivity contribution in [2.45, 2.75) is 18.6 Å². The number of benzene rings is 1. The van der Waals surface area contributed by atoms with E-state index in [1.165, 1.54) is 0 Å². The lowest BCUT2D eigenvalue weighted by molar-refractivity contribution is -0.128. The highest BCUT2D eigenvalue weighted by Crippen LogP contribution is 2.23. The molecule has 1 aromatic carbocycles. The number of hydrogen-bond acceptors (Lipinski definition) is 2. The van der Waals surface area contributed by atoms with Gasteiger partial charge in [-0.3, -0.25) is 9.00 Å². The molecule has 0 unspecified atom stereocenters. The maximum absolute atomic E-state index is 11.9. The van der Waals surface area contributed by atoms with Gasteiger partial charge in [-0.05, 0) is 24.1 Å². The van der Waals surface area contributed by atoms with Crippen molar-refractivity contribution in [3.8, 4) is 0 Å². The molecular weight excluding hydrogens is 305 g/mol. The van der Waals surface area contributed by atoms with Crippen molar-refractivity contribution >= 4 is 39.9 Å². The molecule has 0 heterocycles. The van der Waals surface area contributed by atoms with Gasteiger partial charge in [-0.15, -0.1) is 0 Å². The number of halogens is 2. The van der Waals surface area contributed by atoms with Crippen LogP contribution >= 0.6 is 23.2 Å². The maximum atomic E-state index is 11.9. The van der Waals surface area contributed by atoms with Gasteiger partial charge in [-0.1, -0.05) is 29.3 Å². The monoisotopic (exact) mass is 321 g/mol. The molecule has 106 valence electrons. The van der Waals surface area contributed by atoms with Gasteiger partial charge >= 0.3 is 0 Å². The van der Waals surface area contributed by atoms with Crippen LogP contribution in [0.2, 0.25) is 10.0 Å². The highest BCUT2D eigenvalue weighted by atomic mass is 35.5. The third-order valence-corrected chi connectivity index (χ3v) is 4.71. The zero-order valence-electron chi connectivity index (χ0n) is 11.0. The Balaban J connectivity index is 2.39. The highest BCUT2D eigenvalue weighted by molar-refractivity contribution is 7.84. The van der Waals surface area contributed by atoms with Gasteiger partial charge in [-0.25, -0.2) is 0 Å². The third kappa shape index (κ3) is 5.93. The zero-order chi connectivity index (χ0) is 14.4. The van der Waals surface area contributed by atoms with Gasteiger partial charge in [0.1, 0.15) is 0 Å². The van der Waals surface area contributed by atoms with Gasteiger partial charge in [0.05, 0.1) is 10.0 Å². The fourth-order valence-electron chi connectivity index (χ4n) is 1.50. The summed E-state index contributed by atoms with van der Waals surface area (Å²) in [6.45, 7) is 0. The van der Waals surface area contributed by atoms with E-state index in [2.05, 4.69) is 0 Å². The Hall–Kier alpha value is -0.580. The summed E-state index contributed by atoms with van der Waals surface area (Å²) in [6.07, 6.45) is 1.06. The summed E-state index contributed by atoms with van der Waals surface area (Å²) < 4.78 is 11.9. The summed E-state index contributed by atoms with van der Waals surface area (Å²) >= 11 is 11.7. The van der Waals surface area contributed by atoms with E-state index in [1.54, 1.807) is 31.1 Å². The van der Waals surface area contributed by atoms with Crippen LogP contribution in [-0.2, 0) is 21.3 Å². The summed E-state index contributed by atoms with van der Waals surface area (Å²) in [4.78, 5) is 12.9. The van der Waals surface area contributed by atoms with Crippen molar-refractivity contribution < 1.29 is 9.00 Å². The molecule has 3 nitrogen and oxygen atoms in total. The van der Waals surface area contributed by atoms with Crippen molar-refractivity contribution in [3.05, 3.63) is 33.8 Å². The number of carbonyl (C=O) groups is 1. The molecule has 0 bridgehead atoms. The Morgan fingerprint density at radius 2 is 1.95 bits per heavy atom. The minimum atomic E-state index is -0.988. The van der Waals surface area contributed by atoms with E-state index in [9.17, 15) is 9.00 Å². The normalized spacial score (nSPS) is 12.2. The molecule has 0 N–H and O–H groups in total. The molecule has 0 saturated heterocycles.